The fourth-order valence-electron chi connectivity index (χ4n) is 3.65. The van der Waals surface area contributed by atoms with Gasteiger partial charge in [-0.1, -0.05) is 55.4 Å². The van der Waals surface area contributed by atoms with Gasteiger partial charge in [0.15, 0.2) is 11.0 Å². The number of esters is 1. The molecule has 0 spiro atoms. The van der Waals surface area contributed by atoms with Gasteiger partial charge in [-0.05, 0) is 25.0 Å². The highest BCUT2D eigenvalue weighted by Crippen LogP contribution is 2.36. The number of carbonyl (C=O) groups excluding carboxylic acids is 2. The molecule has 35 heavy (non-hydrogen) atoms. The minimum atomic E-state index is -0.485. The Bertz CT molecular complexity index is 1310. The third-order valence-corrected chi connectivity index (χ3v) is 8.15. The normalized spacial score (nSPS) is 10.9. The Balaban J connectivity index is 1.48. The molecule has 1 N–H and O–H groups in total. The summed E-state index contributed by atoms with van der Waals surface area (Å²) in [5, 5.41) is 16.7. The van der Waals surface area contributed by atoms with Crippen molar-refractivity contribution < 1.29 is 14.3 Å². The second-order valence-electron chi connectivity index (χ2n) is 7.65. The van der Waals surface area contributed by atoms with Gasteiger partial charge in [0.1, 0.15) is 10.6 Å². The Labute approximate surface area is 216 Å². The van der Waals surface area contributed by atoms with Crippen LogP contribution in [0.2, 0.25) is 0 Å². The number of ether oxygens (including phenoxy) is 1. The van der Waals surface area contributed by atoms with E-state index in [4.69, 9.17) is 4.74 Å². The monoisotopic (exact) mass is 526 g/mol. The van der Waals surface area contributed by atoms with Crippen LogP contribution in [0.3, 0.4) is 0 Å². The van der Waals surface area contributed by atoms with E-state index in [0.717, 1.165) is 35.4 Å². The highest BCUT2D eigenvalue weighted by Gasteiger charge is 2.23. The first-order valence-electron chi connectivity index (χ1n) is 11.2. The number of nitrogens with one attached hydrogen (secondary N) is 1. The van der Waals surface area contributed by atoms with Gasteiger partial charge >= 0.3 is 5.97 Å². The van der Waals surface area contributed by atoms with Crippen LogP contribution in [0.1, 0.15) is 35.5 Å². The van der Waals surface area contributed by atoms with Gasteiger partial charge < -0.3 is 14.6 Å². The first-order chi connectivity index (χ1) is 17.0. The lowest BCUT2D eigenvalue weighted by Crippen LogP contribution is -2.16. The van der Waals surface area contributed by atoms with Gasteiger partial charge in [-0.15, -0.1) is 32.9 Å². The third-order valence-electron chi connectivity index (χ3n) is 5.29. The molecule has 0 radical (unpaired) electrons. The fourth-order valence-corrected chi connectivity index (χ4v) is 6.39. The van der Waals surface area contributed by atoms with Crippen molar-refractivity contribution in [2.75, 3.05) is 18.2 Å². The lowest BCUT2D eigenvalue weighted by Gasteiger charge is -2.08. The Hall–Kier alpha value is -2.95. The number of thioether (sulfide) groups is 1. The SMILES string of the molecule is CCCc1cc(-c2nnc(SCC(=O)Nc3scc(-c4ccccc4)c3C(=O)OC)n2CC)cs1. The topological polar surface area (TPSA) is 86.1 Å². The van der Waals surface area contributed by atoms with Gasteiger partial charge in [-0.25, -0.2) is 4.79 Å². The van der Waals surface area contributed by atoms with Gasteiger partial charge in [0.25, 0.3) is 0 Å². The molecule has 0 fully saturated rings. The van der Waals surface area contributed by atoms with Crippen molar-refractivity contribution in [2.45, 2.75) is 38.4 Å². The summed E-state index contributed by atoms with van der Waals surface area (Å²) in [6.45, 7) is 4.90. The number of hydrogen-bond donors (Lipinski definition) is 1. The van der Waals surface area contributed by atoms with Crippen LogP contribution in [0, 0.1) is 0 Å². The zero-order valence-electron chi connectivity index (χ0n) is 19.7. The molecule has 182 valence electrons. The number of carbonyl (C=O) groups is 2. The largest absolute Gasteiger partial charge is 0.465 e. The number of aromatic nitrogens is 3. The molecule has 3 heterocycles. The van der Waals surface area contributed by atoms with Crippen LogP contribution in [0.4, 0.5) is 5.00 Å². The van der Waals surface area contributed by atoms with Crippen LogP contribution in [0.5, 0.6) is 0 Å². The average molecular weight is 527 g/mol. The van der Waals surface area contributed by atoms with E-state index in [1.165, 1.54) is 35.1 Å². The van der Waals surface area contributed by atoms with Crippen LogP contribution in [-0.2, 0) is 22.5 Å². The molecule has 0 atom stereocenters. The molecular weight excluding hydrogens is 501 g/mol. The van der Waals surface area contributed by atoms with E-state index in [0.29, 0.717) is 22.3 Å². The molecule has 4 aromatic rings. The summed E-state index contributed by atoms with van der Waals surface area (Å²) in [6.07, 6.45) is 2.15. The third kappa shape index (κ3) is 5.66. The van der Waals surface area contributed by atoms with Crippen LogP contribution < -0.4 is 5.32 Å². The second-order valence-corrected chi connectivity index (χ2v) is 10.5. The van der Waals surface area contributed by atoms with E-state index < -0.39 is 5.97 Å². The molecule has 4 rings (SSSR count). The summed E-state index contributed by atoms with van der Waals surface area (Å²) in [5.41, 5.74) is 3.04. The Morgan fingerprint density at radius 3 is 2.60 bits per heavy atom. The summed E-state index contributed by atoms with van der Waals surface area (Å²) in [5.74, 6) is 0.242. The highest BCUT2D eigenvalue weighted by molar-refractivity contribution is 7.99. The van der Waals surface area contributed by atoms with Crippen molar-refractivity contribution in [3.8, 4) is 22.5 Å². The quantitative estimate of drug-likeness (QED) is 0.195. The van der Waals surface area contributed by atoms with Crippen LogP contribution in [0.25, 0.3) is 22.5 Å². The Morgan fingerprint density at radius 2 is 1.89 bits per heavy atom. The molecule has 0 aliphatic carbocycles. The van der Waals surface area contributed by atoms with Crippen LogP contribution >= 0.6 is 34.4 Å². The molecule has 0 aliphatic heterocycles. The van der Waals surface area contributed by atoms with Crippen LogP contribution in [0.15, 0.2) is 52.3 Å². The number of aryl methyl sites for hydroxylation is 1. The van der Waals surface area contributed by atoms with E-state index in [9.17, 15) is 9.59 Å². The maximum Gasteiger partial charge on any atom is 0.341 e. The van der Waals surface area contributed by atoms with Gasteiger partial charge in [-0.3, -0.25) is 4.79 Å². The minimum Gasteiger partial charge on any atom is -0.465 e. The van der Waals surface area contributed by atoms with Gasteiger partial charge in [-0.2, -0.15) is 0 Å². The smallest absolute Gasteiger partial charge is 0.341 e. The molecule has 0 saturated heterocycles. The molecule has 3 aromatic heterocycles. The van der Waals surface area contributed by atoms with Crippen molar-refractivity contribution in [3.63, 3.8) is 0 Å². The van der Waals surface area contributed by atoms with Crippen molar-refractivity contribution >= 4 is 51.3 Å². The molecule has 1 aromatic carbocycles. The van der Waals surface area contributed by atoms with Crippen molar-refractivity contribution in [1.82, 2.24) is 14.8 Å². The minimum absolute atomic E-state index is 0.141. The van der Waals surface area contributed by atoms with Gasteiger partial charge in [0.05, 0.1) is 12.9 Å². The lowest BCUT2D eigenvalue weighted by molar-refractivity contribution is -0.113. The lowest BCUT2D eigenvalue weighted by atomic mass is 10.0. The van der Waals surface area contributed by atoms with Crippen molar-refractivity contribution in [2.24, 2.45) is 0 Å². The summed E-state index contributed by atoms with van der Waals surface area (Å²) >= 11 is 4.36. The number of thiophene rings is 2. The molecule has 0 saturated carbocycles. The Kier molecular flexibility index (Phi) is 8.37. The fraction of sp³-hybridized carbons (Fsp3) is 0.280. The summed E-state index contributed by atoms with van der Waals surface area (Å²) in [4.78, 5) is 26.7. The molecule has 1 amide bonds. The first-order valence-corrected chi connectivity index (χ1v) is 14.0. The average Bonchev–Trinajstić information content (AvgIpc) is 3.61. The number of methoxy groups -OCH3 is 1. The predicted octanol–water partition coefficient (Wildman–Crippen LogP) is 6.22. The standard InChI is InChI=1S/C25H26N4O3S3/c1-4-9-18-12-17(13-33-18)22-27-28-25(29(22)5-2)35-15-20(30)26-23-21(24(31)32-3)19(14-34-23)16-10-7-6-8-11-16/h6-8,10-14H,4-5,9,15H2,1-3H3,(H,26,30). The molecule has 0 unspecified atom stereocenters. The first kappa shape index (κ1) is 25.2. The van der Waals surface area contributed by atoms with Crippen LogP contribution in [-0.4, -0.2) is 39.5 Å². The van der Waals surface area contributed by atoms with E-state index >= 15 is 0 Å². The number of amides is 1. The van der Waals surface area contributed by atoms with Gasteiger partial charge in [0.2, 0.25) is 5.91 Å². The van der Waals surface area contributed by atoms with E-state index in [-0.39, 0.29) is 11.7 Å². The van der Waals surface area contributed by atoms with E-state index in [1.807, 2.05) is 47.2 Å². The maximum absolute atomic E-state index is 12.8. The molecule has 0 aliphatic rings. The Morgan fingerprint density at radius 1 is 1.09 bits per heavy atom. The molecular formula is C25H26N4O3S3. The predicted molar refractivity (Wildman–Crippen MR) is 143 cm³/mol. The summed E-state index contributed by atoms with van der Waals surface area (Å²) < 4.78 is 7.01. The number of hydrogen-bond acceptors (Lipinski definition) is 8. The highest BCUT2D eigenvalue weighted by atomic mass is 32.2. The molecule has 10 heteroatoms. The number of anilines is 1. The number of rotatable bonds is 10. The van der Waals surface area contributed by atoms with Crippen molar-refractivity contribution in [1.29, 1.82) is 0 Å². The zero-order valence-corrected chi connectivity index (χ0v) is 22.2. The summed E-state index contributed by atoms with van der Waals surface area (Å²) in [6, 6.07) is 11.7. The zero-order chi connectivity index (χ0) is 24.8. The van der Waals surface area contributed by atoms with E-state index in [2.05, 4.69) is 33.9 Å². The summed E-state index contributed by atoms with van der Waals surface area (Å²) in [7, 11) is 1.34. The molecule has 0 bridgehead atoms. The number of benzene rings is 1. The maximum atomic E-state index is 12.8. The molecule has 7 nitrogen and oxygen atoms in total. The second kappa shape index (κ2) is 11.7. The van der Waals surface area contributed by atoms with Gasteiger partial charge in [0, 0.05) is 33.3 Å². The van der Waals surface area contributed by atoms with E-state index in [1.54, 1.807) is 11.3 Å². The van der Waals surface area contributed by atoms with Crippen molar-refractivity contribution in [3.05, 3.63) is 57.6 Å². The number of nitrogens with zero attached hydrogens (tertiary/aromatic N) is 3.